The highest BCUT2D eigenvalue weighted by molar-refractivity contribution is 5.83. The molecule has 1 saturated heterocycles. The van der Waals surface area contributed by atoms with Crippen LogP contribution in [-0.4, -0.2) is 67.9 Å². The first-order chi connectivity index (χ1) is 12.1. The van der Waals surface area contributed by atoms with Crippen molar-refractivity contribution in [3.05, 3.63) is 30.3 Å². The summed E-state index contributed by atoms with van der Waals surface area (Å²) in [6, 6.07) is 8.60. The molecule has 9 heteroatoms. The van der Waals surface area contributed by atoms with Gasteiger partial charge in [0.2, 0.25) is 11.7 Å². The molecule has 1 aromatic heterocycles. The normalized spacial score (nSPS) is 17.4. The predicted molar refractivity (Wildman–Crippen MR) is 86.4 cm³/mol. The first-order valence-corrected chi connectivity index (χ1v) is 8.08. The van der Waals surface area contributed by atoms with Gasteiger partial charge in [-0.3, -0.25) is 4.79 Å². The van der Waals surface area contributed by atoms with Crippen molar-refractivity contribution < 1.29 is 19.4 Å². The second kappa shape index (κ2) is 7.84. The van der Waals surface area contributed by atoms with Crippen LogP contribution in [0.4, 0.5) is 0 Å². The van der Waals surface area contributed by atoms with Crippen LogP contribution in [0.5, 0.6) is 0 Å². The third-order valence-electron chi connectivity index (χ3n) is 3.97. The van der Waals surface area contributed by atoms with Gasteiger partial charge in [-0.1, -0.05) is 30.3 Å². The summed E-state index contributed by atoms with van der Waals surface area (Å²) in [6.07, 6.45) is 0.735. The third-order valence-corrected chi connectivity index (χ3v) is 3.97. The number of aromatic nitrogens is 4. The first-order valence-electron chi connectivity index (χ1n) is 8.08. The van der Waals surface area contributed by atoms with Gasteiger partial charge in [-0.15, -0.1) is 10.2 Å². The summed E-state index contributed by atoms with van der Waals surface area (Å²) in [5.41, 5.74) is 0.877. The SMILES string of the molecule is O=C(O)C1COCCN1C(=O)CCCn1nnc(-c2ccccc2)n1. The molecule has 3 rings (SSSR count). The van der Waals surface area contributed by atoms with Gasteiger partial charge in [-0.2, -0.15) is 4.80 Å². The number of rotatable bonds is 6. The van der Waals surface area contributed by atoms with Crippen LogP contribution in [0.3, 0.4) is 0 Å². The van der Waals surface area contributed by atoms with Crippen LogP contribution < -0.4 is 0 Å². The Kier molecular flexibility index (Phi) is 5.34. The topological polar surface area (TPSA) is 110 Å². The number of aliphatic carboxylic acids is 1. The molecule has 1 aliphatic heterocycles. The Morgan fingerprint density at radius 3 is 2.84 bits per heavy atom. The van der Waals surface area contributed by atoms with Gasteiger partial charge in [0.15, 0.2) is 6.04 Å². The Morgan fingerprint density at radius 2 is 2.08 bits per heavy atom. The lowest BCUT2D eigenvalue weighted by molar-refractivity contribution is -0.158. The molecule has 0 saturated carbocycles. The van der Waals surface area contributed by atoms with Gasteiger partial charge >= 0.3 is 5.97 Å². The number of hydrogen-bond donors (Lipinski definition) is 1. The van der Waals surface area contributed by atoms with E-state index in [9.17, 15) is 9.59 Å². The lowest BCUT2D eigenvalue weighted by atomic mass is 10.2. The Balaban J connectivity index is 1.52. The molecular formula is C16H19N5O4. The van der Waals surface area contributed by atoms with E-state index in [1.165, 1.54) is 9.70 Å². The Labute approximate surface area is 144 Å². The van der Waals surface area contributed by atoms with Crippen LogP contribution in [0.1, 0.15) is 12.8 Å². The minimum atomic E-state index is -1.04. The predicted octanol–water partition coefficient (Wildman–Crippen LogP) is 0.432. The van der Waals surface area contributed by atoms with Crippen molar-refractivity contribution >= 4 is 11.9 Å². The molecule has 2 aromatic rings. The van der Waals surface area contributed by atoms with E-state index in [1.807, 2.05) is 30.3 Å². The average Bonchev–Trinajstić information content (AvgIpc) is 3.11. The molecule has 1 unspecified atom stereocenters. The number of carboxylic acids is 1. The molecule has 1 amide bonds. The molecule has 1 N–H and O–H groups in total. The number of carboxylic acid groups (broad SMARTS) is 1. The van der Waals surface area contributed by atoms with Gasteiger partial charge in [0.25, 0.3) is 0 Å². The molecule has 0 bridgehead atoms. The second-order valence-electron chi connectivity index (χ2n) is 5.69. The summed E-state index contributed by atoms with van der Waals surface area (Å²) < 4.78 is 5.14. The van der Waals surface area contributed by atoms with E-state index in [2.05, 4.69) is 15.4 Å². The van der Waals surface area contributed by atoms with Crippen LogP contribution in [0, 0.1) is 0 Å². The highest BCUT2D eigenvalue weighted by Gasteiger charge is 2.32. The number of carbonyl (C=O) groups is 2. The van der Waals surface area contributed by atoms with Crippen LogP contribution >= 0.6 is 0 Å². The molecule has 9 nitrogen and oxygen atoms in total. The standard InChI is InChI=1S/C16H19N5O4/c22-14(20-9-10-25-11-13(20)16(23)24)7-4-8-21-18-15(17-19-21)12-5-2-1-3-6-12/h1-3,5-6,13H,4,7-11H2,(H,23,24). The molecule has 0 aliphatic carbocycles. The van der Waals surface area contributed by atoms with E-state index in [0.717, 1.165) is 5.56 Å². The molecule has 2 heterocycles. The maximum absolute atomic E-state index is 12.3. The van der Waals surface area contributed by atoms with E-state index >= 15 is 0 Å². The number of hydrogen-bond acceptors (Lipinski definition) is 6. The Hall–Kier alpha value is -2.81. The minimum Gasteiger partial charge on any atom is -0.480 e. The van der Waals surface area contributed by atoms with Crippen molar-refractivity contribution in [2.45, 2.75) is 25.4 Å². The zero-order valence-electron chi connectivity index (χ0n) is 13.6. The van der Waals surface area contributed by atoms with Crippen molar-refractivity contribution in [2.75, 3.05) is 19.8 Å². The van der Waals surface area contributed by atoms with E-state index in [4.69, 9.17) is 9.84 Å². The van der Waals surface area contributed by atoms with E-state index in [-0.39, 0.29) is 18.9 Å². The van der Waals surface area contributed by atoms with Gasteiger partial charge < -0.3 is 14.7 Å². The van der Waals surface area contributed by atoms with Crippen molar-refractivity contribution in [1.29, 1.82) is 0 Å². The summed E-state index contributed by atoms with van der Waals surface area (Å²) >= 11 is 0. The molecule has 132 valence electrons. The molecule has 1 aromatic carbocycles. The first kappa shape index (κ1) is 17.0. The summed E-state index contributed by atoms with van der Waals surface area (Å²) in [7, 11) is 0. The van der Waals surface area contributed by atoms with Gasteiger partial charge in [-0.25, -0.2) is 4.79 Å². The monoisotopic (exact) mass is 345 g/mol. The van der Waals surface area contributed by atoms with E-state index in [0.29, 0.717) is 31.9 Å². The number of amides is 1. The van der Waals surface area contributed by atoms with Crippen molar-refractivity contribution in [1.82, 2.24) is 25.1 Å². The molecule has 1 atom stereocenters. The third kappa shape index (κ3) is 4.18. The smallest absolute Gasteiger partial charge is 0.328 e. The largest absolute Gasteiger partial charge is 0.480 e. The highest BCUT2D eigenvalue weighted by atomic mass is 16.5. The summed E-state index contributed by atoms with van der Waals surface area (Å²) in [6.45, 7) is 1.13. The van der Waals surface area contributed by atoms with Crippen molar-refractivity contribution in [2.24, 2.45) is 0 Å². The van der Waals surface area contributed by atoms with Crippen LogP contribution in [0.2, 0.25) is 0 Å². The molecule has 0 radical (unpaired) electrons. The fraction of sp³-hybridized carbons (Fsp3) is 0.438. The van der Waals surface area contributed by atoms with Gasteiger partial charge in [0.05, 0.1) is 19.8 Å². The lowest BCUT2D eigenvalue weighted by Crippen LogP contribution is -2.52. The highest BCUT2D eigenvalue weighted by Crippen LogP contribution is 2.13. The number of ether oxygens (including phenoxy) is 1. The van der Waals surface area contributed by atoms with Gasteiger partial charge in [0.1, 0.15) is 0 Å². The van der Waals surface area contributed by atoms with E-state index < -0.39 is 12.0 Å². The maximum Gasteiger partial charge on any atom is 0.328 e. The van der Waals surface area contributed by atoms with Crippen LogP contribution in [0.25, 0.3) is 11.4 Å². The number of morpholine rings is 1. The fourth-order valence-corrected chi connectivity index (χ4v) is 2.66. The van der Waals surface area contributed by atoms with Gasteiger partial charge in [0, 0.05) is 18.5 Å². The number of carbonyl (C=O) groups excluding carboxylic acids is 1. The van der Waals surface area contributed by atoms with Crippen molar-refractivity contribution in [3.63, 3.8) is 0 Å². The second-order valence-corrected chi connectivity index (χ2v) is 5.69. The summed E-state index contributed by atoms with van der Waals surface area (Å²) in [5, 5.41) is 21.4. The molecule has 1 fully saturated rings. The Morgan fingerprint density at radius 1 is 1.28 bits per heavy atom. The van der Waals surface area contributed by atoms with Crippen molar-refractivity contribution in [3.8, 4) is 11.4 Å². The summed E-state index contributed by atoms with van der Waals surface area (Å²) in [4.78, 5) is 26.3. The number of tetrazole rings is 1. The lowest BCUT2D eigenvalue weighted by Gasteiger charge is -2.32. The number of benzene rings is 1. The maximum atomic E-state index is 12.3. The molecular weight excluding hydrogens is 326 g/mol. The zero-order valence-corrected chi connectivity index (χ0v) is 13.6. The van der Waals surface area contributed by atoms with E-state index in [1.54, 1.807) is 0 Å². The van der Waals surface area contributed by atoms with Gasteiger partial charge in [-0.05, 0) is 11.6 Å². The average molecular weight is 345 g/mol. The summed E-state index contributed by atoms with van der Waals surface area (Å²) in [5.74, 6) is -0.705. The molecule has 0 spiro atoms. The van der Waals surface area contributed by atoms with Crippen LogP contribution in [-0.2, 0) is 20.9 Å². The zero-order chi connectivity index (χ0) is 17.6. The number of nitrogens with zero attached hydrogens (tertiary/aromatic N) is 5. The Bertz CT molecular complexity index is 733. The van der Waals surface area contributed by atoms with Crippen LogP contribution in [0.15, 0.2) is 30.3 Å². The molecule has 1 aliphatic rings. The number of aryl methyl sites for hydroxylation is 1. The minimum absolute atomic E-state index is 0.0339. The quantitative estimate of drug-likeness (QED) is 0.808. The fourth-order valence-electron chi connectivity index (χ4n) is 2.66. The molecule has 25 heavy (non-hydrogen) atoms.